The van der Waals surface area contributed by atoms with Crippen LogP contribution in [0.4, 0.5) is 0 Å². The normalized spacial score (nSPS) is 14.6. The number of piperazine rings is 1. The van der Waals surface area contributed by atoms with Gasteiger partial charge >= 0.3 is 0 Å². The number of ether oxygens (including phenoxy) is 2. The first-order valence-electron chi connectivity index (χ1n) is 7.16. The highest BCUT2D eigenvalue weighted by atomic mass is 16.5. The molecular weight excluding hydrogens is 280 g/mol. The van der Waals surface area contributed by atoms with Crippen molar-refractivity contribution in [2.75, 3.05) is 39.9 Å². The van der Waals surface area contributed by atoms with Gasteiger partial charge in [-0.15, -0.1) is 6.42 Å². The Bertz CT molecular complexity index is 584. The quantitative estimate of drug-likeness (QED) is 0.655. The Hall–Kier alpha value is -2.45. The van der Waals surface area contributed by atoms with Gasteiger partial charge in [-0.2, -0.15) is 0 Å². The molecule has 1 aliphatic rings. The zero-order chi connectivity index (χ0) is 15.8. The van der Waals surface area contributed by atoms with Gasteiger partial charge < -0.3 is 19.7 Å². The lowest BCUT2D eigenvalue weighted by Crippen LogP contribution is -2.45. The van der Waals surface area contributed by atoms with Crippen molar-refractivity contribution in [2.45, 2.75) is 0 Å². The molecule has 1 amide bonds. The van der Waals surface area contributed by atoms with Crippen LogP contribution in [0.25, 0.3) is 6.08 Å². The number of rotatable bonds is 5. The standard InChI is InChI=1S/C17H20N2O3/c1-3-12-22-15-6-4-14(13-16(15)21-2)5-7-17(20)19-10-8-18-9-11-19/h1,4-7,13,18H,8-12H2,2H3/b7-5+. The van der Waals surface area contributed by atoms with Crippen LogP contribution in [-0.4, -0.2) is 50.7 Å². The Morgan fingerprint density at radius 1 is 1.41 bits per heavy atom. The minimum absolute atomic E-state index is 0.0214. The molecule has 0 bridgehead atoms. The minimum atomic E-state index is 0.0214. The van der Waals surface area contributed by atoms with E-state index in [9.17, 15) is 4.79 Å². The van der Waals surface area contributed by atoms with Gasteiger partial charge in [-0.1, -0.05) is 12.0 Å². The largest absolute Gasteiger partial charge is 0.493 e. The van der Waals surface area contributed by atoms with Crippen molar-refractivity contribution in [3.8, 4) is 23.8 Å². The number of nitrogens with zero attached hydrogens (tertiary/aromatic N) is 1. The molecule has 0 radical (unpaired) electrons. The van der Waals surface area contributed by atoms with Crippen LogP contribution in [0.15, 0.2) is 24.3 Å². The Morgan fingerprint density at radius 3 is 2.86 bits per heavy atom. The molecule has 116 valence electrons. The zero-order valence-electron chi connectivity index (χ0n) is 12.7. The molecule has 0 atom stereocenters. The van der Waals surface area contributed by atoms with Crippen molar-refractivity contribution >= 4 is 12.0 Å². The van der Waals surface area contributed by atoms with Gasteiger partial charge in [0.1, 0.15) is 6.61 Å². The second-order valence-corrected chi connectivity index (χ2v) is 4.81. The van der Waals surface area contributed by atoms with E-state index < -0.39 is 0 Å². The summed E-state index contributed by atoms with van der Waals surface area (Å²) in [5.74, 6) is 3.61. The van der Waals surface area contributed by atoms with Gasteiger partial charge in [0.05, 0.1) is 7.11 Å². The molecule has 5 nitrogen and oxygen atoms in total. The maximum Gasteiger partial charge on any atom is 0.246 e. The predicted octanol–water partition coefficient (Wildman–Crippen LogP) is 1.15. The van der Waals surface area contributed by atoms with Crippen molar-refractivity contribution in [2.24, 2.45) is 0 Å². The summed E-state index contributed by atoms with van der Waals surface area (Å²) in [4.78, 5) is 13.9. The first kappa shape index (κ1) is 15.9. The average molecular weight is 300 g/mol. The van der Waals surface area contributed by atoms with Crippen molar-refractivity contribution < 1.29 is 14.3 Å². The molecule has 22 heavy (non-hydrogen) atoms. The number of hydrogen-bond donors (Lipinski definition) is 1. The lowest BCUT2D eigenvalue weighted by atomic mass is 10.2. The van der Waals surface area contributed by atoms with E-state index in [0.29, 0.717) is 11.5 Å². The van der Waals surface area contributed by atoms with Crippen LogP contribution in [-0.2, 0) is 4.79 Å². The van der Waals surface area contributed by atoms with E-state index in [1.54, 1.807) is 25.3 Å². The van der Waals surface area contributed by atoms with Crippen LogP contribution in [0.3, 0.4) is 0 Å². The SMILES string of the molecule is C#CCOc1ccc(/C=C/C(=O)N2CCNCC2)cc1OC. The fourth-order valence-electron chi connectivity index (χ4n) is 2.18. The molecule has 0 aromatic heterocycles. The Kier molecular flexibility index (Phi) is 5.87. The molecule has 0 aliphatic carbocycles. The van der Waals surface area contributed by atoms with E-state index in [2.05, 4.69) is 11.2 Å². The molecule has 1 saturated heterocycles. The number of amides is 1. The second-order valence-electron chi connectivity index (χ2n) is 4.81. The topological polar surface area (TPSA) is 50.8 Å². The number of hydrogen-bond acceptors (Lipinski definition) is 4. The van der Waals surface area contributed by atoms with Gasteiger partial charge in [0.25, 0.3) is 0 Å². The molecule has 1 aromatic carbocycles. The lowest BCUT2D eigenvalue weighted by Gasteiger charge is -2.26. The minimum Gasteiger partial charge on any atom is -0.493 e. The van der Waals surface area contributed by atoms with Crippen LogP contribution in [0.5, 0.6) is 11.5 Å². The summed E-state index contributed by atoms with van der Waals surface area (Å²) in [6.45, 7) is 3.35. The van der Waals surface area contributed by atoms with Crippen LogP contribution >= 0.6 is 0 Å². The maximum atomic E-state index is 12.1. The van der Waals surface area contributed by atoms with Crippen molar-refractivity contribution in [1.29, 1.82) is 0 Å². The third-order valence-corrected chi connectivity index (χ3v) is 3.35. The summed E-state index contributed by atoms with van der Waals surface area (Å²) >= 11 is 0. The molecule has 5 heteroatoms. The van der Waals surface area contributed by atoms with Gasteiger partial charge in [0.2, 0.25) is 5.91 Å². The fraction of sp³-hybridized carbons (Fsp3) is 0.353. The predicted molar refractivity (Wildman–Crippen MR) is 85.8 cm³/mol. The van der Waals surface area contributed by atoms with E-state index in [1.807, 2.05) is 17.0 Å². The Morgan fingerprint density at radius 2 is 2.18 bits per heavy atom. The number of carbonyl (C=O) groups is 1. The lowest BCUT2D eigenvalue weighted by molar-refractivity contribution is -0.126. The van der Waals surface area contributed by atoms with E-state index >= 15 is 0 Å². The van der Waals surface area contributed by atoms with Crippen LogP contribution in [0.2, 0.25) is 0 Å². The maximum absolute atomic E-state index is 12.1. The van der Waals surface area contributed by atoms with Crippen LogP contribution < -0.4 is 14.8 Å². The molecule has 1 heterocycles. The first-order valence-corrected chi connectivity index (χ1v) is 7.16. The zero-order valence-corrected chi connectivity index (χ0v) is 12.7. The molecule has 0 saturated carbocycles. The number of carbonyl (C=O) groups excluding carboxylic acids is 1. The molecule has 0 spiro atoms. The molecule has 1 fully saturated rings. The third kappa shape index (κ3) is 4.27. The van der Waals surface area contributed by atoms with Gasteiger partial charge in [-0.05, 0) is 23.8 Å². The Labute approximate surface area is 130 Å². The van der Waals surface area contributed by atoms with Gasteiger partial charge in [0.15, 0.2) is 11.5 Å². The molecule has 0 unspecified atom stereocenters. The van der Waals surface area contributed by atoms with Gasteiger partial charge in [-0.25, -0.2) is 0 Å². The summed E-state index contributed by atoms with van der Waals surface area (Å²) in [5.41, 5.74) is 0.869. The molecule has 2 rings (SSSR count). The van der Waals surface area contributed by atoms with Crippen LogP contribution in [0, 0.1) is 12.3 Å². The highest BCUT2D eigenvalue weighted by molar-refractivity contribution is 5.92. The summed E-state index contributed by atoms with van der Waals surface area (Å²) in [7, 11) is 1.57. The number of nitrogens with one attached hydrogen (secondary N) is 1. The van der Waals surface area contributed by atoms with Crippen LogP contribution in [0.1, 0.15) is 5.56 Å². The van der Waals surface area contributed by atoms with Gasteiger partial charge in [-0.3, -0.25) is 4.79 Å². The number of benzene rings is 1. The Balaban J connectivity index is 2.04. The number of terminal acetylenes is 1. The monoisotopic (exact) mass is 300 g/mol. The summed E-state index contributed by atoms with van der Waals surface area (Å²) in [6.07, 6.45) is 8.54. The molecule has 1 aromatic rings. The summed E-state index contributed by atoms with van der Waals surface area (Å²) < 4.78 is 10.7. The van der Waals surface area contributed by atoms with Crippen molar-refractivity contribution in [3.05, 3.63) is 29.8 Å². The summed E-state index contributed by atoms with van der Waals surface area (Å²) in [5, 5.41) is 3.22. The van der Waals surface area contributed by atoms with Crippen molar-refractivity contribution in [1.82, 2.24) is 10.2 Å². The molecule has 1 N–H and O–H groups in total. The number of methoxy groups -OCH3 is 1. The van der Waals surface area contributed by atoms with E-state index in [1.165, 1.54) is 0 Å². The molecular formula is C17H20N2O3. The second kappa shape index (κ2) is 8.11. The summed E-state index contributed by atoms with van der Waals surface area (Å²) in [6, 6.07) is 5.45. The highest BCUT2D eigenvalue weighted by Gasteiger charge is 2.13. The highest BCUT2D eigenvalue weighted by Crippen LogP contribution is 2.28. The average Bonchev–Trinajstić information content (AvgIpc) is 2.58. The van der Waals surface area contributed by atoms with E-state index in [-0.39, 0.29) is 12.5 Å². The van der Waals surface area contributed by atoms with Gasteiger partial charge in [0, 0.05) is 32.3 Å². The fourth-order valence-corrected chi connectivity index (χ4v) is 2.18. The van der Waals surface area contributed by atoms with E-state index in [4.69, 9.17) is 15.9 Å². The van der Waals surface area contributed by atoms with Crippen molar-refractivity contribution in [3.63, 3.8) is 0 Å². The molecule has 1 aliphatic heterocycles. The first-order chi connectivity index (χ1) is 10.7. The third-order valence-electron chi connectivity index (χ3n) is 3.35. The van der Waals surface area contributed by atoms with E-state index in [0.717, 1.165) is 31.7 Å². The smallest absolute Gasteiger partial charge is 0.246 e.